The highest BCUT2D eigenvalue weighted by molar-refractivity contribution is 7.25. The van der Waals surface area contributed by atoms with Gasteiger partial charge in [-0.3, -0.25) is 13.7 Å². The lowest BCUT2D eigenvalue weighted by atomic mass is 10.00. The van der Waals surface area contributed by atoms with Crippen LogP contribution in [0, 0.1) is 0 Å². The zero-order chi connectivity index (χ0) is 99.5. The molecule has 0 N–H and O–H groups in total. The van der Waals surface area contributed by atoms with Crippen molar-refractivity contribution >= 4 is 173 Å². The molecule has 0 spiro atoms. The second-order valence-electron chi connectivity index (χ2n) is 34.8. The summed E-state index contributed by atoms with van der Waals surface area (Å²) in [4.78, 5) is 20.4. The number of thiophene rings is 1. The fraction of sp³-hybridized carbons (Fsp3) is 0. The van der Waals surface area contributed by atoms with Crippen LogP contribution in [0.4, 0.5) is 0 Å². The first-order valence-electron chi connectivity index (χ1n) is 51.1. The van der Waals surface area contributed by atoms with Crippen molar-refractivity contribution in [3.63, 3.8) is 0 Å². The van der Waals surface area contributed by atoms with Crippen molar-refractivity contribution in [1.29, 1.82) is 0 Å². The number of nitrogens with zero attached hydrogens (tertiary/aromatic N) is 9. The molecule has 0 saturated carbocycles. The van der Waals surface area contributed by atoms with Gasteiger partial charge in [0.05, 0.1) is 91.3 Å². The van der Waals surface area contributed by atoms with Crippen molar-refractivity contribution < 1.29 is 13.7 Å². The molecule has 0 aliphatic heterocycles. The minimum absolute atomic E-state index is 0.0512. The Morgan fingerprint density at radius 1 is 0.181 bits per heavy atom. The molecule has 644 valence electrons. The van der Waals surface area contributed by atoms with E-state index in [1.807, 2.05) is 95.6 Å². The summed E-state index contributed by atoms with van der Waals surface area (Å²) in [5.74, 6) is 2.13. The van der Waals surface area contributed by atoms with Gasteiger partial charge in [-0.2, -0.15) is 0 Å². The summed E-state index contributed by atoms with van der Waals surface area (Å²) >= 11 is 1.80. The van der Waals surface area contributed by atoms with E-state index in [0.717, 1.165) is 149 Å². The van der Waals surface area contributed by atoms with Crippen LogP contribution < -0.4 is 0 Å². The summed E-state index contributed by atoms with van der Waals surface area (Å²) < 4.78 is 97.9. The predicted molar refractivity (Wildman–Crippen MR) is 580 cm³/mol. The Morgan fingerprint density at radius 2 is 0.543 bits per heavy atom. The summed E-state index contributed by atoms with van der Waals surface area (Å²) in [6.07, 6.45) is 0. The SMILES string of the molecule is [2H]c1c([2H])c([2H])c(-c2nc(-n3c4ccccc4c4cc(-c5ccc6sc7ccccc7c6c5)ccc43)nc3ccccc23)c([2H])c1[2H].[2H]c1c([2H])c([2H])c(-n2c3ccccc3c3cc(-c4ccc5c(c4)c4ccccc4n5-c4cc5ccccc5c(-c5ccc(-c6ccccc6)cc5)n4)ccc32)c([2H])c1[2H].c1ccc(-n2c3ccccc3c3cc(-c4ccc5c(c4)c4ccccc4n5-c4ccc5ccccc5n4)ccc32)cc1. The van der Waals surface area contributed by atoms with Gasteiger partial charge < -0.3 is 9.13 Å². The number of benzene rings is 20. The van der Waals surface area contributed by atoms with E-state index in [9.17, 15) is 0 Å². The molecular formula is C128H81N9S. The number of hydrogen-bond acceptors (Lipinski definition) is 5. The highest BCUT2D eigenvalue weighted by Gasteiger charge is 2.24. The molecule has 20 aromatic carbocycles. The van der Waals surface area contributed by atoms with Crippen molar-refractivity contribution in [2.45, 2.75) is 0 Å². The third-order valence-corrected chi connectivity index (χ3v) is 28.2. The molecule has 9 nitrogen and oxygen atoms in total. The van der Waals surface area contributed by atoms with E-state index in [4.69, 9.17) is 33.6 Å². The maximum absolute atomic E-state index is 8.78. The second-order valence-corrected chi connectivity index (χ2v) is 35.9. The van der Waals surface area contributed by atoms with Gasteiger partial charge in [-0.1, -0.05) is 327 Å². The van der Waals surface area contributed by atoms with Crippen LogP contribution in [-0.2, 0) is 0 Å². The van der Waals surface area contributed by atoms with Gasteiger partial charge in [-0.15, -0.1) is 11.3 Å². The molecule has 0 radical (unpaired) electrons. The molecule has 9 heterocycles. The molecule has 0 fully saturated rings. The molecule has 0 aliphatic rings. The van der Waals surface area contributed by atoms with E-state index < -0.39 is 24.2 Å². The molecule has 0 bridgehead atoms. The Kier molecular flexibility index (Phi) is 16.6. The molecule has 9 aromatic heterocycles. The standard InChI is InChI=1S/C51H33N3.C39H25N3.C38H23N3S/c1-3-13-34(14-4-1)35-23-25-36(26-24-35)51-41-18-8-7-15-39(41)33-50(52-51)54-47-22-12-10-20-43(47)45-32-38(28-30-49(45)54)37-27-29-48-44(31-37)42-19-9-11-21-46(42)53(48)40-16-5-2-6-17-40;1-2-11-29(12-3-1)41-35-16-8-5-13-30(35)32-24-27(18-21-37(32)41)28-19-22-38-33(25-28)31-14-6-9-17-36(31)42(38)39-23-20-26-10-4-7-15-34(26)40-39;1-2-10-24(11-3-1)37-29-14-4-7-15-32(29)39-38(40-37)41-33-16-8-5-12-27(33)30-22-25(18-20-34(30)41)26-19-21-36-31(23-26)28-13-6-9-17-35(28)42-36/h1-33H;1-25H;1-23H/i2D,5D,6D,16D,17D;;1D,2D,3D,10D,11D. The van der Waals surface area contributed by atoms with E-state index in [2.05, 4.69) is 353 Å². The quantitative estimate of drug-likeness (QED) is 0.129. The maximum Gasteiger partial charge on any atom is 0.235 e. The Labute approximate surface area is 811 Å². The van der Waals surface area contributed by atoms with Crippen LogP contribution in [0.1, 0.15) is 13.7 Å². The fourth-order valence-electron chi connectivity index (χ4n) is 20.7. The van der Waals surface area contributed by atoms with E-state index in [-0.39, 0.29) is 47.5 Å². The van der Waals surface area contributed by atoms with Gasteiger partial charge in [0, 0.05) is 113 Å². The normalized spacial score (nSPS) is 12.8. The van der Waals surface area contributed by atoms with E-state index in [1.54, 1.807) is 15.9 Å². The third kappa shape index (κ3) is 13.4. The molecule has 29 rings (SSSR count). The maximum atomic E-state index is 8.78. The van der Waals surface area contributed by atoms with E-state index in [1.165, 1.54) is 75.1 Å². The molecule has 29 aromatic rings. The van der Waals surface area contributed by atoms with Crippen molar-refractivity contribution in [3.8, 4) is 96.0 Å². The van der Waals surface area contributed by atoms with Crippen LogP contribution in [0.15, 0.2) is 491 Å². The lowest BCUT2D eigenvalue weighted by Gasteiger charge is -2.13. The van der Waals surface area contributed by atoms with Gasteiger partial charge in [0.2, 0.25) is 5.95 Å². The Bertz CT molecular complexity index is 10600. The van der Waals surface area contributed by atoms with E-state index >= 15 is 0 Å². The first-order chi connectivity index (χ1) is 72.6. The molecule has 0 aliphatic carbocycles. The molecule has 0 amide bonds. The average Bonchev–Trinajstić information content (AvgIpc) is 1.50. The number of hydrogen-bond donors (Lipinski definition) is 0. The molecule has 138 heavy (non-hydrogen) atoms. The van der Waals surface area contributed by atoms with Crippen molar-refractivity contribution in [2.24, 2.45) is 0 Å². The number of aromatic nitrogens is 9. The number of pyridine rings is 2. The van der Waals surface area contributed by atoms with Crippen LogP contribution >= 0.6 is 11.3 Å². The number of para-hydroxylation sites is 9. The molecular weight excluding hydrogens is 1700 g/mol. The largest absolute Gasteiger partial charge is 0.309 e. The first kappa shape index (κ1) is 69.6. The van der Waals surface area contributed by atoms with Crippen molar-refractivity contribution in [3.05, 3.63) is 491 Å². The van der Waals surface area contributed by atoms with Crippen LogP contribution in [0.2, 0.25) is 0 Å². The molecule has 0 atom stereocenters. The Hall–Kier alpha value is -18.2. The lowest BCUT2D eigenvalue weighted by Crippen LogP contribution is -2.03. The van der Waals surface area contributed by atoms with Crippen molar-refractivity contribution in [2.75, 3.05) is 0 Å². The summed E-state index contributed by atoms with van der Waals surface area (Å²) in [6.45, 7) is 0. The minimum atomic E-state index is -0.438. The number of rotatable bonds is 11. The van der Waals surface area contributed by atoms with Gasteiger partial charge in [-0.05, 0) is 214 Å². The fourth-order valence-corrected chi connectivity index (χ4v) is 21.8. The Morgan fingerprint density at radius 3 is 1.09 bits per heavy atom. The highest BCUT2D eigenvalue weighted by atomic mass is 32.1. The zero-order valence-electron chi connectivity index (χ0n) is 83.9. The smallest absolute Gasteiger partial charge is 0.235 e. The van der Waals surface area contributed by atoms with Crippen LogP contribution in [-0.4, -0.2) is 42.8 Å². The molecule has 0 unspecified atom stereocenters. The van der Waals surface area contributed by atoms with Gasteiger partial charge in [0.15, 0.2) is 0 Å². The Balaban J connectivity index is 0.000000111. The second kappa shape index (κ2) is 32.9. The van der Waals surface area contributed by atoms with Crippen LogP contribution in [0.3, 0.4) is 0 Å². The van der Waals surface area contributed by atoms with E-state index in [0.29, 0.717) is 22.5 Å². The predicted octanol–water partition coefficient (Wildman–Crippen LogP) is 34.0. The van der Waals surface area contributed by atoms with Crippen LogP contribution in [0.5, 0.6) is 0 Å². The summed E-state index contributed by atoms with van der Waals surface area (Å²) in [5, 5.41) is 17.6. The summed E-state index contributed by atoms with van der Waals surface area (Å²) in [5.41, 5.74) is 24.4. The summed E-state index contributed by atoms with van der Waals surface area (Å²) in [6, 6.07) is 147. The average molecular weight is 1790 g/mol. The molecule has 10 heteroatoms. The first-order valence-corrected chi connectivity index (χ1v) is 46.9. The zero-order valence-corrected chi connectivity index (χ0v) is 74.7. The van der Waals surface area contributed by atoms with Crippen molar-refractivity contribution in [1.82, 2.24) is 42.8 Å². The molecule has 0 saturated heterocycles. The third-order valence-electron chi connectivity index (χ3n) is 27.0. The topological polar surface area (TPSA) is 76.2 Å². The highest BCUT2D eigenvalue weighted by Crippen LogP contribution is 2.46. The van der Waals surface area contributed by atoms with Gasteiger partial charge in [0.1, 0.15) is 11.6 Å². The minimum Gasteiger partial charge on any atom is -0.309 e. The van der Waals surface area contributed by atoms with Gasteiger partial charge in [0.25, 0.3) is 0 Å². The summed E-state index contributed by atoms with van der Waals surface area (Å²) in [7, 11) is 0. The van der Waals surface area contributed by atoms with Crippen LogP contribution in [0.25, 0.3) is 258 Å². The van der Waals surface area contributed by atoms with Gasteiger partial charge >= 0.3 is 0 Å². The lowest BCUT2D eigenvalue weighted by molar-refractivity contribution is 1.01. The monoisotopic (exact) mass is 1790 g/mol. The van der Waals surface area contributed by atoms with Gasteiger partial charge in [-0.25, -0.2) is 19.9 Å². The number of fused-ring (bicyclic) bond motifs is 21.